The molecule has 76 valence electrons. The number of nitrogens with one attached hydrogen (secondary N) is 1. The lowest BCUT2D eigenvalue weighted by atomic mass is 10.1. The highest BCUT2D eigenvalue weighted by Gasteiger charge is 2.24. The van der Waals surface area contributed by atoms with Gasteiger partial charge in [0.25, 0.3) is 0 Å². The summed E-state index contributed by atoms with van der Waals surface area (Å²) in [7, 11) is 0. The van der Waals surface area contributed by atoms with Crippen molar-refractivity contribution >= 4 is 5.91 Å². The van der Waals surface area contributed by atoms with Gasteiger partial charge in [-0.15, -0.1) is 0 Å². The van der Waals surface area contributed by atoms with E-state index in [1.165, 1.54) is 12.8 Å². The van der Waals surface area contributed by atoms with Crippen molar-refractivity contribution < 1.29 is 4.79 Å². The van der Waals surface area contributed by atoms with Gasteiger partial charge in [-0.2, -0.15) is 0 Å². The second kappa shape index (κ2) is 4.61. The Hall–Kier alpha value is -0.570. The smallest absolute Gasteiger partial charge is 0.223 e. The van der Waals surface area contributed by atoms with Crippen LogP contribution < -0.4 is 11.1 Å². The molecule has 0 aliphatic heterocycles. The van der Waals surface area contributed by atoms with E-state index >= 15 is 0 Å². The molecule has 1 aliphatic carbocycles. The van der Waals surface area contributed by atoms with Crippen LogP contribution in [0.2, 0.25) is 0 Å². The molecule has 0 heterocycles. The Labute approximate surface area is 80.1 Å². The Morgan fingerprint density at radius 1 is 1.38 bits per heavy atom. The van der Waals surface area contributed by atoms with Crippen molar-refractivity contribution in [2.45, 2.75) is 51.6 Å². The lowest BCUT2D eigenvalue weighted by Gasteiger charge is -2.19. The lowest BCUT2D eigenvalue weighted by Crippen LogP contribution is -2.45. The minimum Gasteiger partial charge on any atom is -0.352 e. The maximum atomic E-state index is 11.6. The molecule has 1 fully saturated rings. The van der Waals surface area contributed by atoms with E-state index in [2.05, 4.69) is 5.32 Å². The van der Waals surface area contributed by atoms with Crippen molar-refractivity contribution in [3.8, 4) is 0 Å². The van der Waals surface area contributed by atoms with Crippen LogP contribution in [0.3, 0.4) is 0 Å². The van der Waals surface area contributed by atoms with Gasteiger partial charge < -0.3 is 11.1 Å². The summed E-state index contributed by atoms with van der Waals surface area (Å²) < 4.78 is 0. The normalized spacial score (nSPS) is 22.7. The van der Waals surface area contributed by atoms with E-state index in [-0.39, 0.29) is 23.9 Å². The predicted molar refractivity (Wildman–Crippen MR) is 53.2 cm³/mol. The summed E-state index contributed by atoms with van der Waals surface area (Å²) >= 11 is 0. The highest BCUT2D eigenvalue weighted by atomic mass is 16.1. The largest absolute Gasteiger partial charge is 0.352 e. The van der Waals surface area contributed by atoms with Gasteiger partial charge in [-0.25, -0.2) is 0 Å². The Morgan fingerprint density at radius 2 is 1.92 bits per heavy atom. The molecule has 1 rings (SSSR count). The molecule has 3 nitrogen and oxygen atoms in total. The summed E-state index contributed by atoms with van der Waals surface area (Å²) in [4.78, 5) is 11.6. The van der Waals surface area contributed by atoms with Gasteiger partial charge in [0.1, 0.15) is 0 Å². The molecule has 0 spiro atoms. The topological polar surface area (TPSA) is 55.1 Å². The Morgan fingerprint density at radius 3 is 2.38 bits per heavy atom. The third kappa shape index (κ3) is 2.99. The minimum absolute atomic E-state index is 0.0327. The zero-order valence-corrected chi connectivity index (χ0v) is 8.55. The number of rotatable bonds is 3. The highest BCUT2D eigenvalue weighted by Crippen LogP contribution is 2.24. The molecule has 1 aliphatic rings. The van der Waals surface area contributed by atoms with Crippen molar-refractivity contribution in [2.24, 2.45) is 11.7 Å². The fourth-order valence-corrected chi connectivity index (χ4v) is 1.66. The summed E-state index contributed by atoms with van der Waals surface area (Å²) in [5, 5.41) is 2.96. The average Bonchev–Trinajstić information content (AvgIpc) is 2.55. The number of hydrogen-bond donors (Lipinski definition) is 2. The number of carbonyl (C=O) groups excluding carboxylic acids is 1. The van der Waals surface area contributed by atoms with E-state index in [0.29, 0.717) is 0 Å². The van der Waals surface area contributed by atoms with Crippen LogP contribution >= 0.6 is 0 Å². The zero-order chi connectivity index (χ0) is 9.84. The first kappa shape index (κ1) is 10.5. The summed E-state index contributed by atoms with van der Waals surface area (Å²) in [6.45, 7) is 3.87. The zero-order valence-electron chi connectivity index (χ0n) is 8.55. The molecule has 1 saturated carbocycles. The van der Waals surface area contributed by atoms with Gasteiger partial charge in [0.05, 0.1) is 0 Å². The van der Waals surface area contributed by atoms with E-state index < -0.39 is 0 Å². The molecular weight excluding hydrogens is 164 g/mol. The van der Waals surface area contributed by atoms with Crippen LogP contribution in [0.4, 0.5) is 0 Å². The van der Waals surface area contributed by atoms with E-state index in [4.69, 9.17) is 5.73 Å². The molecule has 3 heteroatoms. The molecule has 0 aromatic heterocycles. The Bertz CT molecular complexity index is 174. The molecule has 3 N–H and O–H groups in total. The van der Waals surface area contributed by atoms with Gasteiger partial charge in [-0.05, 0) is 26.7 Å². The van der Waals surface area contributed by atoms with Crippen LogP contribution in [-0.2, 0) is 4.79 Å². The summed E-state index contributed by atoms with van der Waals surface area (Å²) in [5.41, 5.74) is 5.67. The molecule has 1 amide bonds. The molecule has 2 unspecified atom stereocenters. The van der Waals surface area contributed by atoms with E-state index in [9.17, 15) is 4.79 Å². The SMILES string of the molecule is CC(N)C(C)NC(=O)C1CCCC1. The van der Waals surface area contributed by atoms with Crippen molar-refractivity contribution in [3.05, 3.63) is 0 Å². The molecule has 0 aromatic carbocycles. The summed E-state index contributed by atoms with van der Waals surface area (Å²) in [6.07, 6.45) is 4.50. The standard InChI is InChI=1S/C10H20N2O/c1-7(11)8(2)12-10(13)9-5-3-4-6-9/h7-9H,3-6,11H2,1-2H3,(H,12,13). The number of nitrogens with two attached hydrogens (primary N) is 1. The quantitative estimate of drug-likeness (QED) is 0.688. The molecule has 13 heavy (non-hydrogen) atoms. The first-order valence-corrected chi connectivity index (χ1v) is 5.17. The number of hydrogen-bond acceptors (Lipinski definition) is 2. The van der Waals surface area contributed by atoms with Crippen LogP contribution in [0.25, 0.3) is 0 Å². The van der Waals surface area contributed by atoms with Crippen LogP contribution in [-0.4, -0.2) is 18.0 Å². The Balaban J connectivity index is 2.31. The number of amides is 1. The summed E-state index contributed by atoms with van der Waals surface area (Å²) in [5.74, 6) is 0.448. The third-order valence-electron chi connectivity index (χ3n) is 2.88. The average molecular weight is 184 g/mol. The monoisotopic (exact) mass is 184 g/mol. The first-order chi connectivity index (χ1) is 6.11. The van der Waals surface area contributed by atoms with Crippen molar-refractivity contribution in [3.63, 3.8) is 0 Å². The lowest BCUT2D eigenvalue weighted by molar-refractivity contribution is -0.125. The molecule has 0 aromatic rings. The number of carbonyl (C=O) groups is 1. The van der Waals surface area contributed by atoms with E-state index in [1.807, 2.05) is 13.8 Å². The van der Waals surface area contributed by atoms with Crippen molar-refractivity contribution in [1.82, 2.24) is 5.32 Å². The molecule has 0 saturated heterocycles. The van der Waals surface area contributed by atoms with E-state index in [1.54, 1.807) is 0 Å². The summed E-state index contributed by atoms with van der Waals surface area (Å²) in [6, 6.07) is 0.124. The van der Waals surface area contributed by atoms with Crippen LogP contribution in [0.15, 0.2) is 0 Å². The Kier molecular flexibility index (Phi) is 3.72. The maximum absolute atomic E-state index is 11.6. The highest BCUT2D eigenvalue weighted by molar-refractivity contribution is 5.79. The van der Waals surface area contributed by atoms with Gasteiger partial charge in [0.15, 0.2) is 0 Å². The van der Waals surface area contributed by atoms with Gasteiger partial charge >= 0.3 is 0 Å². The fraction of sp³-hybridized carbons (Fsp3) is 0.900. The predicted octanol–water partition coefficient (Wildman–Crippen LogP) is 1.03. The maximum Gasteiger partial charge on any atom is 0.223 e. The molecule has 2 atom stereocenters. The first-order valence-electron chi connectivity index (χ1n) is 5.17. The minimum atomic E-state index is 0.0327. The van der Waals surface area contributed by atoms with Gasteiger partial charge in [-0.1, -0.05) is 12.8 Å². The molecular formula is C10H20N2O. The van der Waals surface area contributed by atoms with Gasteiger partial charge in [-0.3, -0.25) is 4.79 Å². The second-order valence-corrected chi connectivity index (χ2v) is 4.14. The molecule has 0 bridgehead atoms. The third-order valence-corrected chi connectivity index (χ3v) is 2.88. The van der Waals surface area contributed by atoms with Crippen molar-refractivity contribution in [2.75, 3.05) is 0 Å². The van der Waals surface area contributed by atoms with Crippen LogP contribution in [0.5, 0.6) is 0 Å². The van der Waals surface area contributed by atoms with Crippen LogP contribution in [0, 0.1) is 5.92 Å². The second-order valence-electron chi connectivity index (χ2n) is 4.14. The fourth-order valence-electron chi connectivity index (χ4n) is 1.66. The van der Waals surface area contributed by atoms with Gasteiger partial charge in [0.2, 0.25) is 5.91 Å². The van der Waals surface area contributed by atoms with Crippen molar-refractivity contribution in [1.29, 1.82) is 0 Å². The van der Waals surface area contributed by atoms with Crippen LogP contribution in [0.1, 0.15) is 39.5 Å². The van der Waals surface area contributed by atoms with Gasteiger partial charge in [0, 0.05) is 18.0 Å². The van der Waals surface area contributed by atoms with E-state index in [0.717, 1.165) is 12.8 Å². The molecule has 0 radical (unpaired) electrons.